The number of H-pyrrole nitrogens is 1. The summed E-state index contributed by atoms with van der Waals surface area (Å²) in [6.45, 7) is 9.98. The smallest absolute Gasteiger partial charge is 0.331 e. The van der Waals surface area contributed by atoms with Crippen molar-refractivity contribution in [2.45, 2.75) is 59.6 Å². The standard InChI is InChI=1S/C22H28FN5O3/c1-13-10-15(11-14(2)18(13)23)28-19(27-9-7-24-20(27)29)16-12-26(8-6-17(16)25-28)21(30)31-22(3,4)5/h7,9-11,21,30H,6,8,12H2,1-5H3,(H,24,29). The van der Waals surface area contributed by atoms with Crippen LogP contribution in [0.15, 0.2) is 29.3 Å². The number of benzene rings is 1. The van der Waals surface area contributed by atoms with Gasteiger partial charge in [0.25, 0.3) is 0 Å². The summed E-state index contributed by atoms with van der Waals surface area (Å²) in [4.78, 5) is 17.0. The van der Waals surface area contributed by atoms with Crippen molar-refractivity contribution in [1.82, 2.24) is 24.2 Å². The van der Waals surface area contributed by atoms with Gasteiger partial charge in [-0.15, -0.1) is 0 Å². The van der Waals surface area contributed by atoms with Gasteiger partial charge in [0, 0.05) is 37.5 Å². The van der Waals surface area contributed by atoms with E-state index in [4.69, 9.17) is 9.84 Å². The van der Waals surface area contributed by atoms with Crippen molar-refractivity contribution in [3.05, 3.63) is 63.2 Å². The Morgan fingerprint density at radius 3 is 2.52 bits per heavy atom. The number of aromatic amines is 1. The molecule has 166 valence electrons. The maximum absolute atomic E-state index is 14.2. The van der Waals surface area contributed by atoms with Crippen molar-refractivity contribution in [3.63, 3.8) is 0 Å². The van der Waals surface area contributed by atoms with Gasteiger partial charge < -0.3 is 14.8 Å². The second-order valence-electron chi connectivity index (χ2n) is 8.97. The van der Waals surface area contributed by atoms with Crippen LogP contribution in [-0.4, -0.2) is 47.9 Å². The van der Waals surface area contributed by atoms with Crippen molar-refractivity contribution in [2.24, 2.45) is 0 Å². The van der Waals surface area contributed by atoms with Gasteiger partial charge in [-0.1, -0.05) is 0 Å². The molecule has 4 rings (SSSR count). The fraction of sp³-hybridized carbons (Fsp3) is 0.455. The normalized spacial score (nSPS) is 15.8. The lowest BCUT2D eigenvalue weighted by atomic mass is 10.1. The maximum atomic E-state index is 14.2. The largest absolute Gasteiger partial charge is 0.356 e. The fourth-order valence-electron chi connectivity index (χ4n) is 3.92. The predicted molar refractivity (Wildman–Crippen MR) is 114 cm³/mol. The van der Waals surface area contributed by atoms with Crippen molar-refractivity contribution in [2.75, 3.05) is 6.54 Å². The summed E-state index contributed by atoms with van der Waals surface area (Å²) in [5, 5.41) is 15.4. The minimum absolute atomic E-state index is 0.255. The predicted octanol–water partition coefficient (Wildman–Crippen LogP) is 2.56. The number of imidazole rings is 1. The van der Waals surface area contributed by atoms with E-state index in [-0.39, 0.29) is 11.5 Å². The minimum atomic E-state index is -1.08. The van der Waals surface area contributed by atoms with Gasteiger partial charge in [0.15, 0.2) is 0 Å². The summed E-state index contributed by atoms with van der Waals surface area (Å²) < 4.78 is 23.1. The van der Waals surface area contributed by atoms with E-state index >= 15 is 0 Å². The molecule has 0 spiro atoms. The second kappa shape index (κ2) is 7.74. The molecule has 1 aromatic carbocycles. The van der Waals surface area contributed by atoms with Gasteiger partial charge >= 0.3 is 5.69 Å². The lowest BCUT2D eigenvalue weighted by Crippen LogP contribution is -2.44. The van der Waals surface area contributed by atoms with Gasteiger partial charge in [0.2, 0.25) is 6.41 Å². The summed E-state index contributed by atoms with van der Waals surface area (Å²) in [5.74, 6) is 0.314. The van der Waals surface area contributed by atoms with Gasteiger partial charge in [0.05, 0.1) is 17.0 Å². The van der Waals surface area contributed by atoms with E-state index in [2.05, 4.69) is 4.98 Å². The number of aliphatic hydroxyl groups is 1. The monoisotopic (exact) mass is 429 g/mol. The first kappa shape index (κ1) is 21.5. The molecule has 2 N–H and O–H groups in total. The van der Waals surface area contributed by atoms with Gasteiger partial charge in [-0.2, -0.15) is 5.10 Å². The van der Waals surface area contributed by atoms with Crippen LogP contribution in [0.5, 0.6) is 0 Å². The molecule has 9 heteroatoms. The molecule has 8 nitrogen and oxygen atoms in total. The SMILES string of the molecule is Cc1cc(-n2nc3c(c2-n2cc[nH]c2=O)CN(C(O)OC(C)(C)C)CC3)cc(C)c1F. The van der Waals surface area contributed by atoms with E-state index in [0.717, 1.165) is 11.3 Å². The molecule has 3 aromatic rings. The molecule has 0 saturated carbocycles. The summed E-state index contributed by atoms with van der Waals surface area (Å²) in [6.07, 6.45) is 2.70. The molecule has 0 aliphatic carbocycles. The Kier molecular flexibility index (Phi) is 5.36. The number of hydrogen-bond donors (Lipinski definition) is 2. The van der Waals surface area contributed by atoms with Crippen LogP contribution in [-0.2, 0) is 17.7 Å². The molecule has 0 radical (unpaired) electrons. The van der Waals surface area contributed by atoms with Gasteiger partial charge in [-0.3, -0.25) is 9.47 Å². The van der Waals surface area contributed by atoms with Crippen LogP contribution >= 0.6 is 0 Å². The van der Waals surface area contributed by atoms with Crippen molar-refractivity contribution in [3.8, 4) is 11.5 Å². The molecular formula is C22H28FN5O3. The average Bonchev–Trinajstić information content (AvgIpc) is 3.26. The summed E-state index contributed by atoms with van der Waals surface area (Å²) in [5.41, 5.74) is 2.53. The molecule has 2 aromatic heterocycles. The third kappa shape index (κ3) is 4.08. The molecule has 31 heavy (non-hydrogen) atoms. The molecule has 3 heterocycles. The van der Waals surface area contributed by atoms with E-state index in [0.29, 0.717) is 42.1 Å². The Labute approximate surface area is 179 Å². The number of aryl methyl sites for hydroxylation is 2. The Balaban J connectivity index is 1.83. The highest BCUT2D eigenvalue weighted by molar-refractivity contribution is 5.49. The average molecular weight is 429 g/mol. The molecule has 1 aliphatic rings. The highest BCUT2D eigenvalue weighted by Crippen LogP contribution is 2.30. The molecule has 0 saturated heterocycles. The Morgan fingerprint density at radius 1 is 1.26 bits per heavy atom. The molecule has 0 amide bonds. The van der Waals surface area contributed by atoms with Crippen LogP contribution in [0.3, 0.4) is 0 Å². The lowest BCUT2D eigenvalue weighted by molar-refractivity contribution is -0.242. The first-order chi connectivity index (χ1) is 14.5. The Bertz CT molecular complexity index is 1150. The van der Waals surface area contributed by atoms with Crippen molar-refractivity contribution in [1.29, 1.82) is 0 Å². The second-order valence-corrected chi connectivity index (χ2v) is 8.97. The van der Waals surface area contributed by atoms with E-state index in [1.165, 1.54) is 4.57 Å². The fourth-order valence-corrected chi connectivity index (χ4v) is 3.92. The van der Waals surface area contributed by atoms with Crippen LogP contribution in [0.2, 0.25) is 0 Å². The van der Waals surface area contributed by atoms with Crippen LogP contribution in [0, 0.1) is 19.7 Å². The molecule has 0 fully saturated rings. The molecular weight excluding hydrogens is 401 g/mol. The molecule has 1 atom stereocenters. The highest BCUT2D eigenvalue weighted by Gasteiger charge is 2.31. The third-order valence-electron chi connectivity index (χ3n) is 5.35. The van der Waals surface area contributed by atoms with Crippen LogP contribution in [0.4, 0.5) is 4.39 Å². The number of fused-ring (bicyclic) bond motifs is 1. The Hall–Kier alpha value is -2.75. The number of ether oxygens (including phenoxy) is 1. The molecule has 0 bridgehead atoms. The van der Waals surface area contributed by atoms with Crippen molar-refractivity contribution >= 4 is 0 Å². The van der Waals surface area contributed by atoms with Gasteiger partial charge in [-0.25, -0.2) is 13.9 Å². The summed E-state index contributed by atoms with van der Waals surface area (Å²) >= 11 is 0. The number of nitrogens with zero attached hydrogens (tertiary/aromatic N) is 4. The topological polar surface area (TPSA) is 88.3 Å². The van der Waals surface area contributed by atoms with Crippen LogP contribution in [0.1, 0.15) is 43.2 Å². The van der Waals surface area contributed by atoms with E-state index in [9.17, 15) is 14.3 Å². The van der Waals surface area contributed by atoms with Crippen LogP contribution < -0.4 is 5.69 Å². The van der Waals surface area contributed by atoms with E-state index in [1.54, 1.807) is 43.1 Å². The number of nitrogens with one attached hydrogen (secondary N) is 1. The first-order valence-corrected chi connectivity index (χ1v) is 10.3. The zero-order chi connectivity index (χ0) is 22.5. The minimum Gasteiger partial charge on any atom is -0.356 e. The lowest BCUT2D eigenvalue weighted by Gasteiger charge is -2.34. The third-order valence-corrected chi connectivity index (χ3v) is 5.35. The number of hydrogen-bond acceptors (Lipinski definition) is 5. The quantitative estimate of drug-likeness (QED) is 0.623. The van der Waals surface area contributed by atoms with E-state index < -0.39 is 12.0 Å². The number of rotatable bonds is 4. The number of aromatic nitrogens is 4. The van der Waals surface area contributed by atoms with Gasteiger partial charge in [-0.05, 0) is 57.9 Å². The Morgan fingerprint density at radius 2 is 1.94 bits per heavy atom. The zero-order valence-corrected chi connectivity index (χ0v) is 18.4. The first-order valence-electron chi connectivity index (χ1n) is 10.3. The zero-order valence-electron chi connectivity index (χ0n) is 18.4. The molecule has 1 unspecified atom stereocenters. The highest BCUT2D eigenvalue weighted by atomic mass is 19.1. The maximum Gasteiger partial charge on any atom is 0.331 e. The number of halogens is 1. The molecule has 1 aliphatic heterocycles. The van der Waals surface area contributed by atoms with E-state index in [1.807, 2.05) is 25.7 Å². The summed E-state index contributed by atoms with van der Waals surface area (Å²) in [6, 6.07) is 3.44. The van der Waals surface area contributed by atoms with Crippen molar-refractivity contribution < 1.29 is 14.2 Å². The summed E-state index contributed by atoms with van der Waals surface area (Å²) in [7, 11) is 0. The van der Waals surface area contributed by atoms with Gasteiger partial charge in [0.1, 0.15) is 11.6 Å². The van der Waals surface area contributed by atoms with Crippen LogP contribution in [0.25, 0.3) is 11.5 Å². The number of aliphatic hydroxyl groups excluding tert-OH is 1.